The van der Waals surface area contributed by atoms with Crippen molar-refractivity contribution >= 4 is 63.7 Å². The molecule has 4 aromatic rings. The van der Waals surface area contributed by atoms with E-state index in [9.17, 15) is 0 Å². The second-order valence-corrected chi connectivity index (χ2v) is 13.0. The fourth-order valence-electron chi connectivity index (χ4n) is 5.50. The molecule has 40 heavy (non-hydrogen) atoms. The molecule has 0 spiro atoms. The molecule has 0 N–H and O–H groups in total. The lowest BCUT2D eigenvalue weighted by Crippen LogP contribution is -2.09. The lowest BCUT2D eigenvalue weighted by atomic mass is 9.91. The molecule has 0 saturated heterocycles. The van der Waals surface area contributed by atoms with Crippen LogP contribution in [0.5, 0.6) is 23.0 Å². The summed E-state index contributed by atoms with van der Waals surface area (Å²) >= 11 is 16.0. The summed E-state index contributed by atoms with van der Waals surface area (Å²) in [4.78, 5) is -0.785. The molecule has 0 radical (unpaired) electrons. The minimum Gasteiger partial charge on any atom is -0.496 e. The van der Waals surface area contributed by atoms with E-state index < -0.39 is 0 Å². The second-order valence-electron chi connectivity index (χ2n) is 9.33. The van der Waals surface area contributed by atoms with Gasteiger partial charge in [-0.3, -0.25) is 0 Å². The summed E-state index contributed by atoms with van der Waals surface area (Å²) in [5.41, 5.74) is 7.93. The SMILES string of the molecule is COc1c2cccc1C(Br)c1cccc(c1OC)C(Br)c1cccc(c1OC)C(Br)c1cccc(c1OC)C2Br. The van der Waals surface area contributed by atoms with Crippen molar-refractivity contribution in [3.63, 3.8) is 0 Å². The van der Waals surface area contributed by atoms with Gasteiger partial charge in [-0.2, -0.15) is 0 Å². The van der Waals surface area contributed by atoms with Gasteiger partial charge in [-0.15, -0.1) is 0 Å². The summed E-state index contributed by atoms with van der Waals surface area (Å²) in [5.74, 6) is 3.15. The van der Waals surface area contributed by atoms with Crippen LogP contribution in [0.1, 0.15) is 63.8 Å². The zero-order valence-corrected chi connectivity index (χ0v) is 28.7. The summed E-state index contributed by atoms with van der Waals surface area (Å²) in [6.07, 6.45) is 0. The number of para-hydroxylation sites is 4. The maximum absolute atomic E-state index is 6.08. The van der Waals surface area contributed by atoms with Gasteiger partial charge in [-0.05, 0) is 0 Å². The van der Waals surface area contributed by atoms with E-state index >= 15 is 0 Å². The minimum absolute atomic E-state index is 0.196. The Morgan fingerprint density at radius 2 is 0.500 bits per heavy atom. The van der Waals surface area contributed by atoms with Gasteiger partial charge in [-0.25, -0.2) is 0 Å². The fourth-order valence-corrected chi connectivity index (χ4v) is 8.39. The molecule has 1 aliphatic rings. The van der Waals surface area contributed by atoms with Gasteiger partial charge in [0.15, 0.2) is 0 Å². The summed E-state index contributed by atoms with van der Waals surface area (Å²) in [7, 11) is 6.85. The molecule has 0 amide bonds. The highest BCUT2D eigenvalue weighted by molar-refractivity contribution is 9.10. The first-order valence-corrected chi connectivity index (χ1v) is 16.3. The van der Waals surface area contributed by atoms with E-state index in [1.807, 2.05) is 0 Å². The van der Waals surface area contributed by atoms with E-state index in [4.69, 9.17) is 18.9 Å². The molecular weight excluding hydrogens is 768 g/mol. The minimum atomic E-state index is -0.196. The molecule has 4 nitrogen and oxygen atoms in total. The average Bonchev–Trinajstić information content (AvgIpc) is 3.01. The molecule has 8 bridgehead atoms. The van der Waals surface area contributed by atoms with Gasteiger partial charge in [0.05, 0.1) is 47.7 Å². The maximum atomic E-state index is 6.08. The van der Waals surface area contributed by atoms with E-state index in [1.54, 1.807) is 28.4 Å². The second kappa shape index (κ2) is 12.5. The third kappa shape index (κ3) is 4.99. The van der Waals surface area contributed by atoms with Crippen molar-refractivity contribution in [2.75, 3.05) is 28.4 Å². The Balaban J connectivity index is 1.89. The molecule has 0 fully saturated rings. The molecule has 0 aromatic heterocycles. The molecule has 0 atom stereocenters. The number of hydrogen-bond donors (Lipinski definition) is 0. The van der Waals surface area contributed by atoms with Gasteiger partial charge in [0.1, 0.15) is 23.0 Å². The number of ether oxygens (including phenoxy) is 4. The summed E-state index contributed by atoms with van der Waals surface area (Å²) in [6, 6.07) is 24.9. The predicted molar refractivity (Wildman–Crippen MR) is 175 cm³/mol. The number of methoxy groups -OCH3 is 4. The first-order valence-electron chi connectivity index (χ1n) is 12.6. The first-order chi connectivity index (χ1) is 19.4. The Labute approximate surface area is 268 Å². The quantitative estimate of drug-likeness (QED) is 0.193. The van der Waals surface area contributed by atoms with Crippen LogP contribution in [0, 0.1) is 0 Å². The van der Waals surface area contributed by atoms with Crippen LogP contribution in [0.25, 0.3) is 0 Å². The lowest BCUT2D eigenvalue weighted by Gasteiger charge is -2.27. The van der Waals surface area contributed by atoms with Gasteiger partial charge >= 0.3 is 0 Å². The van der Waals surface area contributed by atoms with Gasteiger partial charge in [-0.1, -0.05) is 137 Å². The predicted octanol–water partition coefficient (Wildman–Crippen LogP) is 9.97. The molecule has 0 aliphatic heterocycles. The Kier molecular flexibility index (Phi) is 9.20. The van der Waals surface area contributed by atoms with Crippen molar-refractivity contribution in [2.45, 2.75) is 19.3 Å². The third-order valence-electron chi connectivity index (χ3n) is 7.30. The highest BCUT2D eigenvalue weighted by atomic mass is 79.9. The van der Waals surface area contributed by atoms with E-state index in [0.29, 0.717) is 0 Å². The Hall–Kier alpha value is -2.00. The summed E-state index contributed by atoms with van der Waals surface area (Å²) in [6.45, 7) is 0. The number of benzene rings is 4. The van der Waals surface area contributed by atoms with Crippen LogP contribution in [0.3, 0.4) is 0 Å². The molecule has 5 rings (SSSR count). The number of alkyl halides is 4. The number of hydrogen-bond acceptors (Lipinski definition) is 4. The third-order valence-corrected chi connectivity index (χ3v) is 11.3. The molecule has 208 valence electrons. The largest absolute Gasteiger partial charge is 0.496 e. The molecular formula is C32H28Br4O4. The molecule has 4 aromatic carbocycles. The van der Waals surface area contributed by atoms with E-state index in [2.05, 4.69) is 137 Å². The van der Waals surface area contributed by atoms with Gasteiger partial charge < -0.3 is 18.9 Å². The van der Waals surface area contributed by atoms with Gasteiger partial charge in [0, 0.05) is 44.5 Å². The highest BCUT2D eigenvalue weighted by Gasteiger charge is 2.31. The molecule has 0 saturated carbocycles. The maximum Gasteiger partial charge on any atom is 0.128 e. The fraction of sp³-hybridized carbons (Fsp3) is 0.250. The van der Waals surface area contributed by atoms with Gasteiger partial charge in [0.25, 0.3) is 0 Å². The Morgan fingerprint density at radius 3 is 0.625 bits per heavy atom. The van der Waals surface area contributed by atoms with Crippen molar-refractivity contribution in [1.29, 1.82) is 0 Å². The number of rotatable bonds is 4. The normalized spacial score (nSPS) is 20.0. The van der Waals surface area contributed by atoms with Crippen LogP contribution in [0.2, 0.25) is 0 Å². The first kappa shape index (κ1) is 29.5. The molecule has 8 heteroatoms. The standard InChI is InChI=1S/C32H28Br4O4/c1-37-29-17-9-5-10-18(29)26(34)20-12-7-14-22(31(20)39-3)28(36)24-16-8-15-23(32(24)40-4)27(35)21-13-6-11-19(25(17)33)30(21)38-2/h5-16,25-28H,1-4H3. The highest BCUT2D eigenvalue weighted by Crippen LogP contribution is 2.53. The number of fused-ring (bicyclic) bond motifs is 8. The number of halogens is 4. The van der Waals surface area contributed by atoms with E-state index in [1.165, 1.54) is 0 Å². The lowest BCUT2D eigenvalue weighted by molar-refractivity contribution is 0.395. The zero-order chi connectivity index (χ0) is 28.6. The topological polar surface area (TPSA) is 36.9 Å². The van der Waals surface area contributed by atoms with E-state index in [-0.39, 0.29) is 19.3 Å². The van der Waals surface area contributed by atoms with Crippen molar-refractivity contribution in [2.24, 2.45) is 0 Å². The van der Waals surface area contributed by atoms with Crippen LogP contribution >= 0.6 is 63.7 Å². The monoisotopic (exact) mass is 792 g/mol. The molecule has 1 aliphatic carbocycles. The van der Waals surface area contributed by atoms with Crippen molar-refractivity contribution in [3.05, 3.63) is 117 Å². The van der Waals surface area contributed by atoms with Crippen molar-refractivity contribution in [3.8, 4) is 23.0 Å². The zero-order valence-electron chi connectivity index (χ0n) is 22.4. The van der Waals surface area contributed by atoms with Crippen LogP contribution in [-0.4, -0.2) is 28.4 Å². The van der Waals surface area contributed by atoms with Gasteiger partial charge in [0.2, 0.25) is 0 Å². The van der Waals surface area contributed by atoms with Crippen LogP contribution in [-0.2, 0) is 0 Å². The van der Waals surface area contributed by atoms with Crippen LogP contribution in [0.4, 0.5) is 0 Å². The Morgan fingerprint density at radius 1 is 0.350 bits per heavy atom. The van der Waals surface area contributed by atoms with Crippen molar-refractivity contribution < 1.29 is 18.9 Å². The Bertz CT molecular complexity index is 1220. The van der Waals surface area contributed by atoms with Crippen LogP contribution in [0.15, 0.2) is 72.8 Å². The van der Waals surface area contributed by atoms with Crippen LogP contribution < -0.4 is 18.9 Å². The van der Waals surface area contributed by atoms with Crippen molar-refractivity contribution in [1.82, 2.24) is 0 Å². The average molecular weight is 796 g/mol. The molecule has 0 unspecified atom stereocenters. The summed E-state index contributed by atoms with van der Waals surface area (Å²) < 4.78 is 24.3. The summed E-state index contributed by atoms with van der Waals surface area (Å²) in [5, 5.41) is 0. The smallest absolute Gasteiger partial charge is 0.128 e. The van der Waals surface area contributed by atoms with E-state index in [0.717, 1.165) is 67.5 Å². The molecule has 0 heterocycles.